The molecular weight excluding hydrogens is 330 g/mol. The van der Waals surface area contributed by atoms with Crippen LogP contribution in [0.2, 0.25) is 0 Å². The average Bonchev–Trinajstić information content (AvgIpc) is 3.08. The molecule has 0 aromatic carbocycles. The quantitative estimate of drug-likeness (QED) is 0.663. The first-order chi connectivity index (χ1) is 11.0. The highest BCUT2D eigenvalue weighted by molar-refractivity contribution is 7.99. The van der Waals surface area contributed by atoms with Crippen LogP contribution in [0.25, 0.3) is 10.2 Å². The maximum atomic E-state index is 13.1. The minimum Gasteiger partial charge on any atom is -0.370 e. The summed E-state index contributed by atoms with van der Waals surface area (Å²) in [5.41, 5.74) is 6.34. The van der Waals surface area contributed by atoms with Crippen molar-refractivity contribution in [3.05, 3.63) is 20.8 Å². The normalized spacial score (nSPS) is 15.6. The van der Waals surface area contributed by atoms with Gasteiger partial charge >= 0.3 is 0 Å². The number of nitrogens with zero attached hydrogens (tertiary/aromatic N) is 2. The Morgan fingerprint density at radius 1 is 1.39 bits per heavy atom. The molecule has 0 spiro atoms. The van der Waals surface area contributed by atoms with Gasteiger partial charge in [-0.2, -0.15) is 0 Å². The highest BCUT2D eigenvalue weighted by Gasteiger charge is 2.24. The summed E-state index contributed by atoms with van der Waals surface area (Å²) in [5, 5.41) is 1.50. The SMILES string of the molecule is Cc1sc2nc(SCCC(N)=O)n(C3CCCC3)c(=O)c2c1C. The lowest BCUT2D eigenvalue weighted by Gasteiger charge is -2.17. The van der Waals surface area contributed by atoms with Crippen molar-refractivity contribution < 1.29 is 4.79 Å². The lowest BCUT2D eigenvalue weighted by atomic mass is 10.2. The Labute approximate surface area is 143 Å². The molecule has 0 aliphatic heterocycles. The number of amides is 1. The zero-order valence-corrected chi connectivity index (χ0v) is 15.1. The lowest BCUT2D eigenvalue weighted by molar-refractivity contribution is -0.117. The summed E-state index contributed by atoms with van der Waals surface area (Å²) in [6.07, 6.45) is 4.66. The zero-order valence-electron chi connectivity index (χ0n) is 13.4. The molecular formula is C16H21N3O2S2. The van der Waals surface area contributed by atoms with E-state index in [1.54, 1.807) is 11.3 Å². The van der Waals surface area contributed by atoms with E-state index < -0.39 is 0 Å². The van der Waals surface area contributed by atoms with Crippen LogP contribution in [0.4, 0.5) is 0 Å². The molecule has 0 saturated heterocycles. The van der Waals surface area contributed by atoms with Crippen molar-refractivity contribution in [3.63, 3.8) is 0 Å². The molecule has 0 atom stereocenters. The van der Waals surface area contributed by atoms with E-state index in [1.165, 1.54) is 11.8 Å². The van der Waals surface area contributed by atoms with Crippen LogP contribution in [0.15, 0.2) is 9.95 Å². The summed E-state index contributed by atoms with van der Waals surface area (Å²) in [6, 6.07) is 0.232. The standard InChI is InChI=1S/C16H21N3O2S2/c1-9-10(2)23-14-13(9)15(21)19(11-5-3-4-6-11)16(18-14)22-8-7-12(17)20/h11H,3-8H2,1-2H3,(H2,17,20). The van der Waals surface area contributed by atoms with Crippen molar-refractivity contribution in [2.75, 3.05) is 5.75 Å². The second-order valence-corrected chi connectivity index (χ2v) is 8.30. The number of carbonyl (C=O) groups excluding carboxylic acids is 1. The summed E-state index contributed by atoms with van der Waals surface area (Å²) in [4.78, 5) is 30.8. The number of nitrogens with two attached hydrogens (primary N) is 1. The third-order valence-electron chi connectivity index (χ3n) is 4.47. The average molecular weight is 351 g/mol. The number of hydrogen-bond acceptors (Lipinski definition) is 5. The van der Waals surface area contributed by atoms with E-state index in [0.717, 1.165) is 51.5 Å². The van der Waals surface area contributed by atoms with Gasteiger partial charge in [0.15, 0.2) is 5.16 Å². The van der Waals surface area contributed by atoms with E-state index in [-0.39, 0.29) is 17.5 Å². The molecule has 23 heavy (non-hydrogen) atoms. The van der Waals surface area contributed by atoms with E-state index >= 15 is 0 Å². The first kappa shape index (κ1) is 16.5. The first-order valence-corrected chi connectivity index (χ1v) is 9.72. The predicted octanol–water partition coefficient (Wildman–Crippen LogP) is 3.16. The fourth-order valence-corrected chi connectivity index (χ4v) is 5.21. The molecule has 124 valence electrons. The van der Waals surface area contributed by atoms with Gasteiger partial charge in [0.25, 0.3) is 5.56 Å². The molecule has 0 radical (unpaired) electrons. The van der Waals surface area contributed by atoms with Gasteiger partial charge in [-0.05, 0) is 32.3 Å². The van der Waals surface area contributed by atoms with Gasteiger partial charge in [-0.25, -0.2) is 4.98 Å². The lowest BCUT2D eigenvalue weighted by Crippen LogP contribution is -2.26. The minimum atomic E-state index is -0.323. The molecule has 2 aromatic heterocycles. The monoisotopic (exact) mass is 351 g/mol. The van der Waals surface area contributed by atoms with Gasteiger partial charge in [0.2, 0.25) is 5.91 Å². The van der Waals surface area contributed by atoms with Crippen molar-refractivity contribution in [2.24, 2.45) is 5.73 Å². The fraction of sp³-hybridized carbons (Fsp3) is 0.562. The van der Waals surface area contributed by atoms with Crippen molar-refractivity contribution in [1.29, 1.82) is 0 Å². The maximum absolute atomic E-state index is 13.1. The maximum Gasteiger partial charge on any atom is 0.263 e. The molecule has 2 aromatic rings. The van der Waals surface area contributed by atoms with Crippen LogP contribution in [0.3, 0.4) is 0 Å². The number of primary amides is 1. The van der Waals surface area contributed by atoms with E-state index in [0.29, 0.717) is 12.2 Å². The molecule has 0 bridgehead atoms. The number of thiophene rings is 1. The Morgan fingerprint density at radius 2 is 2.09 bits per heavy atom. The summed E-state index contributed by atoms with van der Waals surface area (Å²) < 4.78 is 1.88. The molecule has 5 nitrogen and oxygen atoms in total. The van der Waals surface area contributed by atoms with Crippen LogP contribution in [-0.4, -0.2) is 21.2 Å². The van der Waals surface area contributed by atoms with Gasteiger partial charge in [0.05, 0.1) is 5.39 Å². The second kappa shape index (κ2) is 6.65. The van der Waals surface area contributed by atoms with E-state index in [2.05, 4.69) is 0 Å². The summed E-state index contributed by atoms with van der Waals surface area (Å²) in [6.45, 7) is 4.02. The Balaban J connectivity index is 2.09. The Hall–Kier alpha value is -1.34. The van der Waals surface area contributed by atoms with Crippen LogP contribution < -0.4 is 11.3 Å². The molecule has 3 rings (SSSR count). The van der Waals surface area contributed by atoms with Crippen LogP contribution >= 0.6 is 23.1 Å². The smallest absolute Gasteiger partial charge is 0.263 e. The van der Waals surface area contributed by atoms with E-state index in [4.69, 9.17) is 10.7 Å². The second-order valence-electron chi connectivity index (χ2n) is 6.04. The Bertz CT molecular complexity index is 804. The number of aryl methyl sites for hydroxylation is 2. The van der Waals surface area contributed by atoms with Crippen LogP contribution in [0, 0.1) is 13.8 Å². The molecule has 7 heteroatoms. The Morgan fingerprint density at radius 3 is 2.74 bits per heavy atom. The number of fused-ring (bicyclic) bond motifs is 1. The van der Waals surface area contributed by atoms with Crippen LogP contribution in [0.1, 0.15) is 48.6 Å². The van der Waals surface area contributed by atoms with Gasteiger partial charge in [-0.15, -0.1) is 11.3 Å². The van der Waals surface area contributed by atoms with Crippen molar-refractivity contribution >= 4 is 39.2 Å². The summed E-state index contributed by atoms with van der Waals surface area (Å²) in [5.74, 6) is 0.236. The zero-order chi connectivity index (χ0) is 16.6. The first-order valence-electron chi connectivity index (χ1n) is 7.92. The third-order valence-corrected chi connectivity index (χ3v) is 6.53. The largest absolute Gasteiger partial charge is 0.370 e. The summed E-state index contributed by atoms with van der Waals surface area (Å²) >= 11 is 3.03. The molecule has 1 aliphatic carbocycles. The molecule has 0 unspecified atom stereocenters. The molecule has 1 fully saturated rings. The topological polar surface area (TPSA) is 78.0 Å². The minimum absolute atomic E-state index is 0.0744. The van der Waals surface area contributed by atoms with Gasteiger partial charge in [0.1, 0.15) is 4.83 Å². The highest BCUT2D eigenvalue weighted by Crippen LogP contribution is 2.34. The number of thioether (sulfide) groups is 1. The highest BCUT2D eigenvalue weighted by atomic mass is 32.2. The van der Waals surface area contributed by atoms with Crippen LogP contribution in [0.5, 0.6) is 0 Å². The Kier molecular flexibility index (Phi) is 4.77. The van der Waals surface area contributed by atoms with E-state index in [9.17, 15) is 9.59 Å². The van der Waals surface area contributed by atoms with Gasteiger partial charge in [-0.3, -0.25) is 14.2 Å². The summed E-state index contributed by atoms with van der Waals surface area (Å²) in [7, 11) is 0. The number of carbonyl (C=O) groups is 1. The number of aromatic nitrogens is 2. The number of hydrogen-bond donors (Lipinski definition) is 1. The van der Waals surface area contributed by atoms with Crippen molar-refractivity contribution in [2.45, 2.75) is 57.1 Å². The fourth-order valence-electron chi connectivity index (χ4n) is 3.12. The van der Waals surface area contributed by atoms with Crippen molar-refractivity contribution in [3.8, 4) is 0 Å². The van der Waals surface area contributed by atoms with Gasteiger partial charge in [0, 0.05) is 23.1 Å². The predicted molar refractivity (Wildman–Crippen MR) is 95.4 cm³/mol. The van der Waals surface area contributed by atoms with Gasteiger partial charge < -0.3 is 5.73 Å². The molecule has 1 amide bonds. The molecule has 2 heterocycles. The van der Waals surface area contributed by atoms with Crippen molar-refractivity contribution in [1.82, 2.24) is 9.55 Å². The molecule has 1 saturated carbocycles. The third kappa shape index (κ3) is 3.17. The van der Waals surface area contributed by atoms with Gasteiger partial charge in [-0.1, -0.05) is 24.6 Å². The van der Waals surface area contributed by atoms with E-state index in [1.807, 2.05) is 18.4 Å². The molecule has 2 N–H and O–H groups in total. The molecule has 1 aliphatic rings. The number of rotatable bonds is 5. The van der Waals surface area contributed by atoms with Crippen LogP contribution in [-0.2, 0) is 4.79 Å².